The first-order valence-corrected chi connectivity index (χ1v) is 9.58. The minimum absolute atomic E-state index is 0.630. The van der Waals surface area contributed by atoms with Crippen LogP contribution < -0.4 is 10.6 Å². The number of hydrogen-bond acceptors (Lipinski definition) is 4. The molecular formula is C19H24N6S. The zero-order chi connectivity index (χ0) is 18.2. The first-order chi connectivity index (χ1) is 12.7. The molecule has 3 rings (SSSR count). The number of benzene rings is 1. The average molecular weight is 369 g/mol. The van der Waals surface area contributed by atoms with Gasteiger partial charge in [0, 0.05) is 43.0 Å². The molecule has 3 aromatic rings. The molecule has 6 nitrogen and oxygen atoms in total. The smallest absolute Gasteiger partial charge is 0.191 e. The van der Waals surface area contributed by atoms with Gasteiger partial charge in [0.25, 0.3) is 0 Å². The molecule has 26 heavy (non-hydrogen) atoms. The van der Waals surface area contributed by atoms with Crippen LogP contribution in [-0.4, -0.2) is 33.8 Å². The van der Waals surface area contributed by atoms with Crippen molar-refractivity contribution in [2.24, 2.45) is 4.99 Å². The Balaban J connectivity index is 1.54. The lowest BCUT2D eigenvalue weighted by atomic mass is 10.2. The van der Waals surface area contributed by atoms with Crippen molar-refractivity contribution in [2.75, 3.05) is 13.1 Å². The highest BCUT2D eigenvalue weighted by Gasteiger charge is 2.02. The van der Waals surface area contributed by atoms with E-state index >= 15 is 0 Å². The largest absolute Gasteiger partial charge is 0.357 e. The van der Waals surface area contributed by atoms with Crippen molar-refractivity contribution in [2.45, 2.75) is 26.8 Å². The summed E-state index contributed by atoms with van der Waals surface area (Å²) < 4.78 is 1.85. The SMILES string of the molecule is CCNC(=NCc1ccc(-n2cccn2)cc1)NCCc1ncc(C)s1. The molecule has 0 atom stereocenters. The zero-order valence-electron chi connectivity index (χ0n) is 15.1. The second-order valence-electron chi connectivity index (χ2n) is 5.85. The van der Waals surface area contributed by atoms with Crippen molar-refractivity contribution >= 4 is 17.3 Å². The maximum Gasteiger partial charge on any atom is 0.191 e. The monoisotopic (exact) mass is 368 g/mol. The molecule has 0 saturated carbocycles. The molecule has 0 amide bonds. The third kappa shape index (κ3) is 5.16. The Hall–Kier alpha value is -2.67. The Morgan fingerprint density at radius 1 is 1.23 bits per heavy atom. The summed E-state index contributed by atoms with van der Waals surface area (Å²) in [5, 5.41) is 12.1. The van der Waals surface area contributed by atoms with Crippen LogP contribution >= 0.6 is 11.3 Å². The first kappa shape index (κ1) is 18.1. The Morgan fingerprint density at radius 2 is 2.08 bits per heavy atom. The van der Waals surface area contributed by atoms with E-state index in [0.29, 0.717) is 6.54 Å². The number of aliphatic imine (C=N–C) groups is 1. The molecule has 0 radical (unpaired) electrons. The summed E-state index contributed by atoms with van der Waals surface area (Å²) in [6.45, 7) is 6.43. The van der Waals surface area contributed by atoms with Crippen LogP contribution in [0.3, 0.4) is 0 Å². The van der Waals surface area contributed by atoms with E-state index in [1.165, 1.54) is 4.88 Å². The second-order valence-corrected chi connectivity index (χ2v) is 7.17. The lowest BCUT2D eigenvalue weighted by molar-refractivity contribution is 0.796. The summed E-state index contributed by atoms with van der Waals surface area (Å²) in [6, 6.07) is 10.2. The second kappa shape index (κ2) is 9.15. The Kier molecular flexibility index (Phi) is 6.38. The van der Waals surface area contributed by atoms with Crippen molar-refractivity contribution in [1.82, 2.24) is 25.4 Å². The maximum atomic E-state index is 4.67. The van der Waals surface area contributed by atoms with Crippen molar-refractivity contribution in [3.05, 3.63) is 64.4 Å². The lowest BCUT2D eigenvalue weighted by Crippen LogP contribution is -2.38. The average Bonchev–Trinajstić information content (AvgIpc) is 3.32. The number of thiazole rings is 1. The Bertz CT molecular complexity index is 820. The van der Waals surface area contributed by atoms with Crippen LogP contribution in [0.5, 0.6) is 0 Å². The van der Waals surface area contributed by atoms with Gasteiger partial charge in [-0.2, -0.15) is 5.10 Å². The number of aryl methyl sites for hydroxylation is 1. The Morgan fingerprint density at radius 3 is 2.73 bits per heavy atom. The van der Waals surface area contributed by atoms with Crippen LogP contribution in [0.15, 0.2) is 53.9 Å². The lowest BCUT2D eigenvalue weighted by Gasteiger charge is -2.10. The normalized spacial score (nSPS) is 11.5. The number of nitrogens with zero attached hydrogens (tertiary/aromatic N) is 4. The van der Waals surface area contributed by atoms with Gasteiger partial charge in [-0.05, 0) is 37.6 Å². The van der Waals surface area contributed by atoms with E-state index in [9.17, 15) is 0 Å². The topological polar surface area (TPSA) is 67.1 Å². The third-order valence-electron chi connectivity index (χ3n) is 3.77. The summed E-state index contributed by atoms with van der Waals surface area (Å²) in [4.78, 5) is 10.3. The predicted octanol–water partition coefficient (Wildman–Crippen LogP) is 2.94. The molecule has 2 heterocycles. The van der Waals surface area contributed by atoms with E-state index in [1.54, 1.807) is 17.5 Å². The van der Waals surface area contributed by atoms with Gasteiger partial charge in [-0.1, -0.05) is 12.1 Å². The van der Waals surface area contributed by atoms with Crippen LogP contribution in [0.1, 0.15) is 22.4 Å². The molecular weight excluding hydrogens is 344 g/mol. The molecule has 0 aliphatic rings. The van der Waals surface area contributed by atoms with Crippen LogP contribution in [0, 0.1) is 6.92 Å². The molecule has 7 heteroatoms. The van der Waals surface area contributed by atoms with Crippen molar-refractivity contribution in [3.8, 4) is 5.69 Å². The van der Waals surface area contributed by atoms with Crippen LogP contribution in [0.25, 0.3) is 5.69 Å². The van der Waals surface area contributed by atoms with E-state index in [2.05, 4.69) is 63.8 Å². The number of nitrogens with one attached hydrogen (secondary N) is 2. The van der Waals surface area contributed by atoms with E-state index in [1.807, 2.05) is 23.1 Å². The van der Waals surface area contributed by atoms with E-state index in [0.717, 1.165) is 41.7 Å². The van der Waals surface area contributed by atoms with Gasteiger partial charge in [-0.3, -0.25) is 0 Å². The molecule has 0 fully saturated rings. The van der Waals surface area contributed by atoms with E-state index in [-0.39, 0.29) is 0 Å². The van der Waals surface area contributed by atoms with Gasteiger partial charge >= 0.3 is 0 Å². The van der Waals surface area contributed by atoms with Crippen LogP contribution in [0.4, 0.5) is 0 Å². The number of hydrogen-bond donors (Lipinski definition) is 2. The van der Waals surface area contributed by atoms with Gasteiger partial charge in [-0.25, -0.2) is 14.7 Å². The summed E-state index contributed by atoms with van der Waals surface area (Å²) in [5.74, 6) is 0.830. The molecule has 0 bridgehead atoms. The number of rotatable bonds is 7. The molecule has 0 saturated heterocycles. The molecule has 136 valence electrons. The van der Waals surface area contributed by atoms with Gasteiger partial charge in [-0.15, -0.1) is 11.3 Å². The standard InChI is InChI=1S/C19H24N6S/c1-3-20-19(21-11-9-18-22-13-15(2)26-18)23-14-16-5-7-17(8-6-16)25-12-4-10-24-25/h4-8,10,12-13H,3,9,11,14H2,1-2H3,(H2,20,21,23). The highest BCUT2D eigenvalue weighted by Crippen LogP contribution is 2.11. The number of guanidine groups is 1. The maximum absolute atomic E-state index is 4.67. The van der Waals surface area contributed by atoms with Crippen molar-refractivity contribution < 1.29 is 0 Å². The van der Waals surface area contributed by atoms with E-state index in [4.69, 9.17) is 0 Å². The van der Waals surface area contributed by atoms with Gasteiger partial charge < -0.3 is 10.6 Å². The zero-order valence-corrected chi connectivity index (χ0v) is 16.0. The third-order valence-corrected chi connectivity index (χ3v) is 4.74. The molecule has 1 aromatic carbocycles. The first-order valence-electron chi connectivity index (χ1n) is 8.77. The van der Waals surface area contributed by atoms with E-state index < -0.39 is 0 Å². The van der Waals surface area contributed by atoms with Crippen LogP contribution in [-0.2, 0) is 13.0 Å². The fraction of sp³-hybridized carbons (Fsp3) is 0.316. The fourth-order valence-corrected chi connectivity index (χ4v) is 3.28. The molecule has 2 aromatic heterocycles. The summed E-state index contributed by atoms with van der Waals surface area (Å²) in [7, 11) is 0. The molecule has 0 aliphatic carbocycles. The molecule has 0 aliphatic heterocycles. The van der Waals surface area contributed by atoms with Crippen molar-refractivity contribution in [3.63, 3.8) is 0 Å². The predicted molar refractivity (Wildman–Crippen MR) is 107 cm³/mol. The Labute approximate surface area is 158 Å². The minimum Gasteiger partial charge on any atom is -0.357 e. The highest BCUT2D eigenvalue weighted by molar-refractivity contribution is 7.11. The summed E-state index contributed by atoms with van der Waals surface area (Å²) in [5.41, 5.74) is 2.21. The number of aromatic nitrogens is 3. The summed E-state index contributed by atoms with van der Waals surface area (Å²) >= 11 is 1.74. The van der Waals surface area contributed by atoms with Gasteiger partial charge in [0.2, 0.25) is 0 Å². The quantitative estimate of drug-likeness (QED) is 0.497. The molecule has 2 N–H and O–H groups in total. The fourth-order valence-electron chi connectivity index (χ4n) is 2.49. The molecule has 0 spiro atoms. The minimum atomic E-state index is 0.630. The molecule has 0 unspecified atom stereocenters. The summed E-state index contributed by atoms with van der Waals surface area (Å²) in [6.07, 6.45) is 6.54. The van der Waals surface area contributed by atoms with Gasteiger partial charge in [0.1, 0.15) is 0 Å². The van der Waals surface area contributed by atoms with Gasteiger partial charge in [0.05, 0.1) is 17.2 Å². The van der Waals surface area contributed by atoms with Gasteiger partial charge in [0.15, 0.2) is 5.96 Å². The van der Waals surface area contributed by atoms with Crippen LogP contribution in [0.2, 0.25) is 0 Å². The highest BCUT2D eigenvalue weighted by atomic mass is 32.1. The van der Waals surface area contributed by atoms with Crippen molar-refractivity contribution in [1.29, 1.82) is 0 Å².